The lowest BCUT2D eigenvalue weighted by atomic mass is 9.72. The maximum absolute atomic E-state index is 12.6. The number of aliphatic carboxylic acids is 4. The molecule has 42 heavy (non-hydrogen) atoms. The van der Waals surface area contributed by atoms with Gasteiger partial charge in [-0.3, -0.25) is 38.4 Å². The second-order valence-electron chi connectivity index (χ2n) is 7.78. The summed E-state index contributed by atoms with van der Waals surface area (Å²) in [5.74, 6) is -23.5. The molecule has 25 heteroatoms. The van der Waals surface area contributed by atoms with E-state index in [1.54, 1.807) is 15.5 Å². The molecular formula is C17H17N6O16P3. The Morgan fingerprint density at radius 2 is 0.881 bits per heavy atom. The lowest BCUT2D eigenvalue weighted by Gasteiger charge is -2.51. The van der Waals surface area contributed by atoms with E-state index in [1.165, 1.54) is 6.66 Å². The SMILES string of the molecule is CNC(=O)C(C(=O)O)(C(=O)O)C(=O)NPN1C(=O)C2(C1=O)C(=O)N(PNC(=O)C(C(=O)O)(C(=O)O)C(=O)NPC)C2=O. The maximum Gasteiger partial charge on any atom is 0.340 e. The average Bonchev–Trinajstić information content (AvgIpc) is 2.88. The van der Waals surface area contributed by atoms with E-state index in [-0.39, 0.29) is 9.34 Å². The van der Waals surface area contributed by atoms with E-state index in [4.69, 9.17) is 0 Å². The van der Waals surface area contributed by atoms with Crippen LogP contribution in [0.15, 0.2) is 0 Å². The first kappa shape index (κ1) is 33.5. The zero-order chi connectivity index (χ0) is 32.5. The Hall–Kier alpha value is -4.67. The van der Waals surface area contributed by atoms with Crippen LogP contribution in [-0.2, 0) is 57.5 Å². The zero-order valence-electron chi connectivity index (χ0n) is 20.6. The molecule has 0 saturated carbocycles. The third kappa shape index (κ3) is 4.31. The van der Waals surface area contributed by atoms with Gasteiger partial charge in [-0.1, -0.05) is 0 Å². The van der Waals surface area contributed by atoms with Gasteiger partial charge >= 0.3 is 34.7 Å². The quantitative estimate of drug-likeness (QED) is 0.0521. The van der Waals surface area contributed by atoms with Crippen LogP contribution in [0.5, 0.6) is 0 Å². The summed E-state index contributed by atoms with van der Waals surface area (Å²) in [6.07, 6.45) is 0. The van der Waals surface area contributed by atoms with Crippen molar-refractivity contribution < 1.29 is 78.0 Å². The first-order valence-electron chi connectivity index (χ1n) is 10.4. The van der Waals surface area contributed by atoms with Crippen LogP contribution in [0.2, 0.25) is 0 Å². The van der Waals surface area contributed by atoms with E-state index in [2.05, 4.69) is 0 Å². The molecule has 1 spiro atoms. The number of nitrogens with zero attached hydrogens (tertiary/aromatic N) is 2. The number of hydrogen-bond acceptors (Lipinski definition) is 12. The molecule has 8 amide bonds. The van der Waals surface area contributed by atoms with Crippen molar-refractivity contribution in [2.75, 3.05) is 13.7 Å². The largest absolute Gasteiger partial charge is 0.480 e. The summed E-state index contributed by atoms with van der Waals surface area (Å²) in [4.78, 5) is 146. The first-order chi connectivity index (χ1) is 19.4. The zero-order valence-corrected chi connectivity index (χ0v) is 23.6. The lowest BCUT2D eigenvalue weighted by Crippen LogP contribution is -2.81. The standard InChI is InChI=1S/C17H17N6O16P3/c1-18-3(24)15(11(32)33,12(34)35)5(26)20-41-22-7(28)17(8(22)29)9(30)23(10(17)31)42-21-6(27)16(13(36)37,14(38)39)4(25)19-40-2/h40-42H,1-2H3,(H,18,24)(H,19,25)(H,20,26)(H,21,27)(H,32,33)(H,34,35)(H,36,37)(H,38,39). The van der Waals surface area contributed by atoms with Gasteiger partial charge in [-0.25, -0.2) is 28.5 Å². The maximum atomic E-state index is 12.6. The normalized spacial score (nSPS) is 16.5. The van der Waals surface area contributed by atoms with Crippen LogP contribution in [0.4, 0.5) is 0 Å². The summed E-state index contributed by atoms with van der Waals surface area (Å²) in [6.45, 7) is 1.31. The Morgan fingerprint density at radius 1 is 0.595 bits per heavy atom. The highest BCUT2D eigenvalue weighted by Gasteiger charge is 2.80. The number of β-lactam (4-membered cyclic amide) rings is 4. The smallest absolute Gasteiger partial charge is 0.340 e. The van der Waals surface area contributed by atoms with Crippen LogP contribution in [0.3, 0.4) is 0 Å². The predicted octanol–water partition coefficient (Wildman–Crippen LogP) is -5.64. The number of carboxylic acids is 4. The molecule has 0 bridgehead atoms. The van der Waals surface area contributed by atoms with Gasteiger partial charge in [-0.2, -0.15) is 0 Å². The van der Waals surface area contributed by atoms with Crippen LogP contribution in [0.1, 0.15) is 0 Å². The molecular weight excluding hydrogens is 637 g/mol. The molecule has 22 nitrogen and oxygen atoms in total. The average molecular weight is 654 g/mol. The van der Waals surface area contributed by atoms with Gasteiger partial charge in [0.15, 0.2) is 0 Å². The van der Waals surface area contributed by atoms with Gasteiger partial charge < -0.3 is 41.0 Å². The van der Waals surface area contributed by atoms with Crippen molar-refractivity contribution >= 4 is 97.6 Å². The van der Waals surface area contributed by atoms with Crippen LogP contribution in [0, 0.1) is 16.2 Å². The predicted molar refractivity (Wildman–Crippen MR) is 131 cm³/mol. The van der Waals surface area contributed by atoms with Crippen molar-refractivity contribution in [3.8, 4) is 0 Å². The second kappa shape index (κ2) is 11.7. The third-order valence-electron chi connectivity index (χ3n) is 5.77. The Morgan fingerprint density at radius 3 is 1.14 bits per heavy atom. The number of carbonyl (C=O) groups excluding carboxylic acids is 8. The molecule has 0 radical (unpaired) electrons. The molecule has 2 aliphatic rings. The summed E-state index contributed by atoms with van der Waals surface area (Å²) >= 11 is 0. The van der Waals surface area contributed by atoms with Gasteiger partial charge in [0.2, 0.25) is 0 Å². The van der Waals surface area contributed by atoms with Crippen LogP contribution < -0.4 is 20.6 Å². The van der Waals surface area contributed by atoms with Gasteiger partial charge in [0.1, 0.15) is 0 Å². The molecule has 0 aliphatic carbocycles. The fourth-order valence-corrected chi connectivity index (χ4v) is 5.76. The summed E-state index contributed by atoms with van der Waals surface area (Å²) in [7, 11) is -2.90. The van der Waals surface area contributed by atoms with Crippen molar-refractivity contribution in [2.45, 2.75) is 0 Å². The lowest BCUT2D eigenvalue weighted by molar-refractivity contribution is -0.189. The van der Waals surface area contributed by atoms with E-state index in [1.807, 2.05) is 5.09 Å². The third-order valence-corrected chi connectivity index (χ3v) is 8.18. The first-order valence-corrected chi connectivity index (χ1v) is 13.8. The summed E-state index contributed by atoms with van der Waals surface area (Å²) in [6, 6.07) is 0. The minimum atomic E-state index is -3.75. The topological polar surface area (TPSA) is 340 Å². The van der Waals surface area contributed by atoms with Crippen molar-refractivity contribution in [3.63, 3.8) is 0 Å². The minimum Gasteiger partial charge on any atom is -0.480 e. The Labute approximate surface area is 235 Å². The number of nitrogens with one attached hydrogen (secondary N) is 4. The highest BCUT2D eigenvalue weighted by Crippen LogP contribution is 2.51. The van der Waals surface area contributed by atoms with Gasteiger partial charge in [0.05, 0.1) is 17.8 Å². The van der Waals surface area contributed by atoms with Gasteiger partial charge in [-0.05, 0) is 15.4 Å². The van der Waals surface area contributed by atoms with Crippen molar-refractivity contribution in [1.29, 1.82) is 0 Å². The molecule has 0 aromatic heterocycles. The summed E-state index contributed by atoms with van der Waals surface area (Å²) in [5.41, 5.74) is -10.5. The molecule has 0 aromatic carbocycles. The van der Waals surface area contributed by atoms with E-state index in [0.717, 1.165) is 7.05 Å². The van der Waals surface area contributed by atoms with Crippen LogP contribution >= 0.6 is 26.5 Å². The highest BCUT2D eigenvalue weighted by atomic mass is 31.1. The molecule has 2 aliphatic heterocycles. The number of carboxylic acid groups (broad SMARTS) is 4. The van der Waals surface area contributed by atoms with Gasteiger partial charge in [-0.15, -0.1) is 0 Å². The van der Waals surface area contributed by atoms with Gasteiger partial charge in [0, 0.05) is 7.05 Å². The minimum absolute atomic E-state index is 0.0563. The van der Waals surface area contributed by atoms with Crippen LogP contribution in [0.25, 0.3) is 0 Å². The van der Waals surface area contributed by atoms with E-state index >= 15 is 0 Å². The van der Waals surface area contributed by atoms with E-state index in [0.29, 0.717) is 0 Å². The molecule has 2 fully saturated rings. The van der Waals surface area contributed by atoms with E-state index < -0.39 is 114 Å². The molecule has 8 N–H and O–H groups in total. The monoisotopic (exact) mass is 654 g/mol. The van der Waals surface area contributed by atoms with Crippen molar-refractivity contribution in [3.05, 3.63) is 0 Å². The van der Waals surface area contributed by atoms with Crippen LogP contribution in [-0.4, -0.2) is 115 Å². The molecule has 2 rings (SSSR count). The molecule has 0 aromatic rings. The Kier molecular flexibility index (Phi) is 9.32. The fraction of sp³-hybridized carbons (Fsp3) is 0.294. The Bertz CT molecular complexity index is 1330. The fourth-order valence-electron chi connectivity index (χ4n) is 3.46. The van der Waals surface area contributed by atoms with Crippen molar-refractivity contribution in [2.24, 2.45) is 16.2 Å². The number of imide groups is 2. The number of rotatable bonds is 13. The van der Waals surface area contributed by atoms with Crippen molar-refractivity contribution in [1.82, 2.24) is 29.9 Å². The van der Waals surface area contributed by atoms with Gasteiger partial charge in [0.25, 0.3) is 52.7 Å². The molecule has 3 unspecified atom stereocenters. The number of carbonyl (C=O) groups is 12. The Balaban J connectivity index is 2.18. The molecule has 226 valence electrons. The number of amides is 8. The highest BCUT2D eigenvalue weighted by molar-refractivity contribution is 7.38. The summed E-state index contributed by atoms with van der Waals surface area (Å²) < 4.78 is 0.118. The number of hydrogen-bond donors (Lipinski definition) is 8. The molecule has 2 saturated heterocycles. The summed E-state index contributed by atoms with van der Waals surface area (Å²) in [5, 5.41) is 43.9. The van der Waals surface area contributed by atoms with E-state index in [9.17, 15) is 78.0 Å². The molecule has 3 atom stereocenters. The second-order valence-corrected chi connectivity index (χ2v) is 10.4. The molecule has 2 heterocycles.